The number of nitrogens with one attached hydrogen (secondary N) is 2. The molecule has 0 spiro atoms. The molecule has 4 atom stereocenters. The molecule has 0 rings (SSSR count). The quantitative estimate of drug-likeness (QED) is 0.532. The van der Waals surface area contributed by atoms with Crippen molar-refractivity contribution in [3.63, 3.8) is 0 Å². The Morgan fingerprint density at radius 3 is 1.72 bits per heavy atom. The third kappa shape index (κ3) is 10.5. The molecule has 3 N–H and O–H groups in total. The molecule has 0 bridgehead atoms. The van der Waals surface area contributed by atoms with Gasteiger partial charge in [0, 0.05) is 12.0 Å². The summed E-state index contributed by atoms with van der Waals surface area (Å²) in [6.07, 6.45) is 1.45. The van der Waals surface area contributed by atoms with Gasteiger partial charge in [0.15, 0.2) is 0 Å². The van der Waals surface area contributed by atoms with Crippen LogP contribution in [0.4, 0.5) is 0 Å². The van der Waals surface area contributed by atoms with Crippen molar-refractivity contribution in [3.05, 3.63) is 0 Å². The first-order valence-corrected chi connectivity index (χ1v) is 9.72. The third-order valence-corrected chi connectivity index (χ3v) is 4.31. The van der Waals surface area contributed by atoms with Gasteiger partial charge in [0.1, 0.15) is 6.04 Å². The standard InChI is InChI=1S/C20H40N2O3/c1-12(2)9-15(7)18(23)11-16(8)19(24)22-17(10-13(3)4)20(25)21-14(5)6/h12-18,23H,9-11H2,1-8H3,(H,21,25)(H,22,24)/t15-,16+,17-,18-/m0/s1. The van der Waals surface area contributed by atoms with E-state index in [-0.39, 0.29) is 29.7 Å². The Labute approximate surface area is 154 Å². The Kier molecular flexibility index (Phi) is 11.0. The molecule has 0 radical (unpaired) electrons. The van der Waals surface area contributed by atoms with E-state index in [0.717, 1.165) is 6.42 Å². The van der Waals surface area contributed by atoms with Gasteiger partial charge in [0.2, 0.25) is 11.8 Å². The lowest BCUT2D eigenvalue weighted by atomic mass is 9.88. The fourth-order valence-electron chi connectivity index (χ4n) is 3.00. The molecule has 0 saturated heterocycles. The van der Waals surface area contributed by atoms with E-state index >= 15 is 0 Å². The van der Waals surface area contributed by atoms with Crippen molar-refractivity contribution >= 4 is 11.8 Å². The van der Waals surface area contributed by atoms with E-state index in [2.05, 4.69) is 24.5 Å². The van der Waals surface area contributed by atoms with Crippen molar-refractivity contribution in [2.75, 3.05) is 0 Å². The lowest BCUT2D eigenvalue weighted by molar-refractivity contribution is -0.132. The van der Waals surface area contributed by atoms with Gasteiger partial charge in [-0.05, 0) is 50.9 Å². The van der Waals surface area contributed by atoms with Crippen LogP contribution in [-0.4, -0.2) is 35.1 Å². The molecule has 5 heteroatoms. The highest BCUT2D eigenvalue weighted by atomic mass is 16.3. The fourth-order valence-corrected chi connectivity index (χ4v) is 3.00. The molecule has 0 aliphatic heterocycles. The fraction of sp³-hybridized carbons (Fsp3) is 0.900. The second-order valence-corrected chi connectivity index (χ2v) is 8.66. The number of aliphatic hydroxyl groups is 1. The van der Waals surface area contributed by atoms with Crippen LogP contribution in [0.1, 0.15) is 74.7 Å². The predicted molar refractivity (Wildman–Crippen MR) is 103 cm³/mol. The molecule has 0 aromatic carbocycles. The Morgan fingerprint density at radius 2 is 1.28 bits per heavy atom. The average molecular weight is 357 g/mol. The van der Waals surface area contributed by atoms with Gasteiger partial charge in [-0.3, -0.25) is 9.59 Å². The minimum Gasteiger partial charge on any atom is -0.393 e. The van der Waals surface area contributed by atoms with Crippen LogP contribution in [0.25, 0.3) is 0 Å². The summed E-state index contributed by atoms with van der Waals surface area (Å²) in [5.41, 5.74) is 0. The first-order chi connectivity index (χ1) is 11.4. The highest BCUT2D eigenvalue weighted by Gasteiger charge is 2.27. The maximum atomic E-state index is 12.5. The van der Waals surface area contributed by atoms with Crippen LogP contribution in [0.5, 0.6) is 0 Å². The van der Waals surface area contributed by atoms with Gasteiger partial charge in [0.05, 0.1) is 6.10 Å². The number of hydrogen-bond acceptors (Lipinski definition) is 3. The van der Waals surface area contributed by atoms with Crippen LogP contribution in [0.15, 0.2) is 0 Å². The summed E-state index contributed by atoms with van der Waals surface area (Å²) in [5.74, 6) is 0.342. The summed E-state index contributed by atoms with van der Waals surface area (Å²) in [6.45, 7) is 16.0. The van der Waals surface area contributed by atoms with Crippen molar-refractivity contribution in [1.29, 1.82) is 0 Å². The van der Waals surface area contributed by atoms with E-state index < -0.39 is 12.1 Å². The maximum Gasteiger partial charge on any atom is 0.242 e. The summed E-state index contributed by atoms with van der Waals surface area (Å²) in [6, 6.07) is -0.488. The number of amides is 2. The zero-order chi connectivity index (χ0) is 19.7. The zero-order valence-corrected chi connectivity index (χ0v) is 17.4. The molecule has 0 aromatic heterocycles. The highest BCUT2D eigenvalue weighted by molar-refractivity contribution is 5.88. The molecular formula is C20H40N2O3. The van der Waals surface area contributed by atoms with E-state index in [1.54, 1.807) is 0 Å². The number of rotatable bonds is 11. The Balaban J connectivity index is 4.73. The van der Waals surface area contributed by atoms with Crippen molar-refractivity contribution in [2.24, 2.45) is 23.7 Å². The van der Waals surface area contributed by atoms with Gasteiger partial charge >= 0.3 is 0 Å². The SMILES string of the molecule is CC(C)C[C@H](NC(=O)[C@H](C)C[C@H](O)[C@@H](C)CC(C)C)C(=O)NC(C)C. The molecule has 0 heterocycles. The lowest BCUT2D eigenvalue weighted by Crippen LogP contribution is -2.50. The molecule has 25 heavy (non-hydrogen) atoms. The van der Waals surface area contributed by atoms with Gasteiger partial charge in [-0.25, -0.2) is 0 Å². The molecule has 0 aliphatic rings. The molecular weight excluding hydrogens is 316 g/mol. The monoisotopic (exact) mass is 356 g/mol. The zero-order valence-electron chi connectivity index (χ0n) is 17.4. The minimum atomic E-state index is -0.525. The van der Waals surface area contributed by atoms with E-state index in [4.69, 9.17) is 0 Å². The van der Waals surface area contributed by atoms with Crippen LogP contribution in [0, 0.1) is 23.7 Å². The first kappa shape index (κ1) is 23.9. The first-order valence-electron chi connectivity index (χ1n) is 9.72. The Hall–Kier alpha value is -1.10. The number of carbonyl (C=O) groups excluding carboxylic acids is 2. The molecule has 0 fully saturated rings. The largest absolute Gasteiger partial charge is 0.393 e. The topological polar surface area (TPSA) is 78.4 Å². The maximum absolute atomic E-state index is 12.5. The number of aliphatic hydroxyl groups excluding tert-OH is 1. The smallest absolute Gasteiger partial charge is 0.242 e. The van der Waals surface area contributed by atoms with Crippen molar-refractivity contribution < 1.29 is 14.7 Å². The Bertz CT molecular complexity index is 408. The molecule has 148 valence electrons. The van der Waals surface area contributed by atoms with Crippen LogP contribution in [0.2, 0.25) is 0 Å². The summed E-state index contributed by atoms with van der Waals surface area (Å²) in [7, 11) is 0. The summed E-state index contributed by atoms with van der Waals surface area (Å²) in [4.78, 5) is 24.8. The average Bonchev–Trinajstić information content (AvgIpc) is 2.44. The van der Waals surface area contributed by atoms with Crippen LogP contribution in [-0.2, 0) is 9.59 Å². The lowest BCUT2D eigenvalue weighted by Gasteiger charge is -2.26. The second-order valence-electron chi connectivity index (χ2n) is 8.66. The van der Waals surface area contributed by atoms with Gasteiger partial charge in [-0.2, -0.15) is 0 Å². The van der Waals surface area contributed by atoms with Crippen LogP contribution < -0.4 is 10.6 Å². The third-order valence-electron chi connectivity index (χ3n) is 4.31. The van der Waals surface area contributed by atoms with Gasteiger partial charge in [-0.1, -0.05) is 41.5 Å². The van der Waals surface area contributed by atoms with Crippen LogP contribution >= 0.6 is 0 Å². The molecule has 5 nitrogen and oxygen atoms in total. The number of hydrogen-bond donors (Lipinski definition) is 3. The minimum absolute atomic E-state index is 0.0372. The summed E-state index contributed by atoms with van der Waals surface area (Å²) >= 11 is 0. The normalized spacial score (nSPS) is 16.6. The molecule has 0 unspecified atom stereocenters. The summed E-state index contributed by atoms with van der Waals surface area (Å²) in [5, 5.41) is 16.1. The van der Waals surface area contributed by atoms with Gasteiger partial charge in [-0.15, -0.1) is 0 Å². The van der Waals surface area contributed by atoms with E-state index in [9.17, 15) is 14.7 Å². The molecule has 0 aliphatic carbocycles. The predicted octanol–water partition coefficient (Wildman–Crippen LogP) is 3.11. The van der Waals surface area contributed by atoms with Crippen molar-refractivity contribution in [2.45, 2.75) is 92.8 Å². The van der Waals surface area contributed by atoms with Crippen molar-refractivity contribution in [1.82, 2.24) is 10.6 Å². The van der Waals surface area contributed by atoms with Gasteiger partial charge < -0.3 is 15.7 Å². The number of carbonyl (C=O) groups is 2. The summed E-state index contributed by atoms with van der Waals surface area (Å²) < 4.78 is 0. The van der Waals surface area contributed by atoms with Crippen molar-refractivity contribution in [3.8, 4) is 0 Å². The van der Waals surface area contributed by atoms with Crippen LogP contribution in [0.3, 0.4) is 0 Å². The van der Waals surface area contributed by atoms with E-state index in [1.165, 1.54) is 0 Å². The molecule has 0 aromatic rings. The van der Waals surface area contributed by atoms with E-state index in [1.807, 2.05) is 41.5 Å². The molecule has 2 amide bonds. The highest BCUT2D eigenvalue weighted by Crippen LogP contribution is 2.20. The second kappa shape index (κ2) is 11.5. The van der Waals surface area contributed by atoms with Gasteiger partial charge in [0.25, 0.3) is 0 Å². The van der Waals surface area contributed by atoms with E-state index in [0.29, 0.717) is 24.7 Å². The molecule has 0 saturated carbocycles. The Morgan fingerprint density at radius 1 is 0.760 bits per heavy atom.